The fourth-order valence-electron chi connectivity index (χ4n) is 1.34. The van der Waals surface area contributed by atoms with Crippen molar-refractivity contribution in [3.63, 3.8) is 0 Å². The van der Waals surface area contributed by atoms with Crippen LogP contribution in [0, 0.1) is 11.3 Å². The first-order valence-electron chi connectivity index (χ1n) is 4.75. The molecule has 16 heavy (non-hydrogen) atoms. The van der Waals surface area contributed by atoms with Gasteiger partial charge in [0, 0.05) is 11.7 Å². The third-order valence-corrected chi connectivity index (χ3v) is 1.97. The van der Waals surface area contributed by atoms with Crippen molar-refractivity contribution in [1.82, 2.24) is 4.98 Å². The van der Waals surface area contributed by atoms with Crippen molar-refractivity contribution in [2.45, 2.75) is 26.3 Å². The van der Waals surface area contributed by atoms with Gasteiger partial charge < -0.3 is 5.11 Å². The highest BCUT2D eigenvalue weighted by Crippen LogP contribution is 2.22. The quantitative estimate of drug-likeness (QED) is 0.785. The van der Waals surface area contributed by atoms with Gasteiger partial charge in [-0.3, -0.25) is 4.90 Å². The molecule has 0 aliphatic rings. The molecule has 0 aliphatic heterocycles. The lowest BCUT2D eigenvalue weighted by atomic mass is 10.1. The van der Waals surface area contributed by atoms with Gasteiger partial charge >= 0.3 is 6.09 Å². The molecule has 5 nitrogen and oxygen atoms in total. The predicted octanol–water partition coefficient (Wildman–Crippen LogP) is 2.24. The van der Waals surface area contributed by atoms with Crippen LogP contribution in [0.1, 0.15) is 26.3 Å². The van der Waals surface area contributed by atoms with Crippen LogP contribution in [0.2, 0.25) is 0 Å². The summed E-state index contributed by atoms with van der Waals surface area (Å²) in [5.41, 5.74) is -0.215. The van der Waals surface area contributed by atoms with Gasteiger partial charge in [-0.2, -0.15) is 5.26 Å². The van der Waals surface area contributed by atoms with Crippen LogP contribution in [0.5, 0.6) is 0 Å². The molecule has 0 atom stereocenters. The van der Waals surface area contributed by atoms with Crippen molar-refractivity contribution >= 4 is 11.9 Å². The Labute approximate surface area is 93.9 Å². The van der Waals surface area contributed by atoms with Gasteiger partial charge in [0.05, 0.1) is 11.6 Å². The SMILES string of the molecule is CC(C)(C)N(C(=O)O)c1cc(C#N)ccn1. The van der Waals surface area contributed by atoms with Gasteiger partial charge in [0.25, 0.3) is 0 Å². The molecule has 0 aromatic carbocycles. The molecule has 0 bridgehead atoms. The third-order valence-electron chi connectivity index (χ3n) is 1.97. The van der Waals surface area contributed by atoms with E-state index in [-0.39, 0.29) is 5.82 Å². The summed E-state index contributed by atoms with van der Waals surface area (Å²) in [4.78, 5) is 16.3. The van der Waals surface area contributed by atoms with Gasteiger partial charge in [0.1, 0.15) is 5.82 Å². The second kappa shape index (κ2) is 4.19. The fraction of sp³-hybridized carbons (Fsp3) is 0.364. The van der Waals surface area contributed by atoms with Crippen LogP contribution < -0.4 is 4.90 Å². The van der Waals surface area contributed by atoms with E-state index in [9.17, 15) is 4.79 Å². The summed E-state index contributed by atoms with van der Waals surface area (Å²) in [7, 11) is 0. The zero-order valence-electron chi connectivity index (χ0n) is 9.43. The van der Waals surface area contributed by atoms with Gasteiger partial charge in [0.15, 0.2) is 0 Å². The van der Waals surface area contributed by atoms with Crippen molar-refractivity contribution in [3.05, 3.63) is 23.9 Å². The van der Waals surface area contributed by atoms with Crippen molar-refractivity contribution in [2.24, 2.45) is 0 Å². The van der Waals surface area contributed by atoms with Crippen LogP contribution in [0.3, 0.4) is 0 Å². The Morgan fingerprint density at radius 1 is 1.56 bits per heavy atom. The number of carboxylic acid groups (broad SMARTS) is 1. The maximum absolute atomic E-state index is 11.1. The summed E-state index contributed by atoms with van der Waals surface area (Å²) in [5.74, 6) is 0.263. The first-order valence-corrected chi connectivity index (χ1v) is 4.75. The zero-order valence-corrected chi connectivity index (χ0v) is 9.43. The smallest absolute Gasteiger partial charge is 0.413 e. The number of aromatic nitrogens is 1. The Hall–Kier alpha value is -2.09. The normalized spacial score (nSPS) is 10.6. The maximum Gasteiger partial charge on any atom is 0.413 e. The number of rotatable bonds is 1. The Balaban J connectivity index is 3.23. The van der Waals surface area contributed by atoms with Gasteiger partial charge in [-0.25, -0.2) is 9.78 Å². The maximum atomic E-state index is 11.1. The second-order valence-electron chi connectivity index (χ2n) is 4.30. The van der Waals surface area contributed by atoms with Crippen molar-refractivity contribution < 1.29 is 9.90 Å². The highest BCUT2D eigenvalue weighted by atomic mass is 16.4. The molecule has 0 aliphatic carbocycles. The number of hydrogen-bond donors (Lipinski definition) is 1. The topological polar surface area (TPSA) is 77.2 Å². The fourth-order valence-corrected chi connectivity index (χ4v) is 1.34. The Morgan fingerprint density at radius 3 is 2.62 bits per heavy atom. The van der Waals surface area contributed by atoms with Crippen molar-refractivity contribution in [1.29, 1.82) is 5.26 Å². The van der Waals surface area contributed by atoms with E-state index in [1.54, 1.807) is 20.8 Å². The molecule has 0 saturated heterocycles. The summed E-state index contributed by atoms with van der Waals surface area (Å²) >= 11 is 0. The van der Waals surface area contributed by atoms with Gasteiger partial charge in [0.2, 0.25) is 0 Å². The van der Waals surface area contributed by atoms with Crippen LogP contribution in [0.15, 0.2) is 18.3 Å². The summed E-state index contributed by atoms with van der Waals surface area (Å²) in [5, 5.41) is 17.9. The minimum absolute atomic E-state index is 0.263. The summed E-state index contributed by atoms with van der Waals surface area (Å²) in [6, 6.07) is 4.94. The number of nitriles is 1. The van der Waals surface area contributed by atoms with Gasteiger partial charge in [-0.1, -0.05) is 0 Å². The van der Waals surface area contributed by atoms with E-state index >= 15 is 0 Å². The highest BCUT2D eigenvalue weighted by Gasteiger charge is 2.28. The lowest BCUT2D eigenvalue weighted by Gasteiger charge is -2.32. The van der Waals surface area contributed by atoms with E-state index in [1.165, 1.54) is 18.3 Å². The van der Waals surface area contributed by atoms with Crippen molar-refractivity contribution in [2.75, 3.05) is 4.90 Å². The highest BCUT2D eigenvalue weighted by molar-refractivity contribution is 5.86. The van der Waals surface area contributed by atoms with E-state index < -0.39 is 11.6 Å². The van der Waals surface area contributed by atoms with E-state index in [0.29, 0.717) is 5.56 Å². The lowest BCUT2D eigenvalue weighted by Crippen LogP contribution is -2.45. The number of carbonyl (C=O) groups is 1. The zero-order chi connectivity index (χ0) is 12.3. The minimum atomic E-state index is -1.09. The van der Waals surface area contributed by atoms with E-state index in [1.807, 2.05) is 6.07 Å². The predicted molar refractivity (Wildman–Crippen MR) is 59.2 cm³/mol. The molecule has 1 aromatic heterocycles. The minimum Gasteiger partial charge on any atom is -0.465 e. The first-order chi connectivity index (χ1) is 7.36. The lowest BCUT2D eigenvalue weighted by molar-refractivity contribution is 0.195. The molecule has 0 unspecified atom stereocenters. The molecule has 1 rings (SSSR count). The second-order valence-corrected chi connectivity index (χ2v) is 4.30. The van der Waals surface area contributed by atoms with E-state index in [4.69, 9.17) is 10.4 Å². The molecule has 0 spiro atoms. The Kier molecular flexibility index (Phi) is 3.14. The molecule has 0 fully saturated rings. The molecule has 1 amide bonds. The molecule has 1 aromatic rings. The molecular formula is C11H13N3O2. The van der Waals surface area contributed by atoms with Crippen LogP contribution in [0.4, 0.5) is 10.6 Å². The summed E-state index contributed by atoms with van der Waals surface area (Å²) < 4.78 is 0. The van der Waals surface area contributed by atoms with Crippen LogP contribution in [0.25, 0.3) is 0 Å². The molecule has 1 N–H and O–H groups in total. The number of nitrogens with zero attached hydrogens (tertiary/aromatic N) is 3. The van der Waals surface area contributed by atoms with Crippen LogP contribution >= 0.6 is 0 Å². The largest absolute Gasteiger partial charge is 0.465 e. The van der Waals surface area contributed by atoms with Gasteiger partial charge in [-0.15, -0.1) is 0 Å². The average molecular weight is 219 g/mol. The Bertz CT molecular complexity index is 443. The summed E-state index contributed by atoms with van der Waals surface area (Å²) in [6.07, 6.45) is 0.338. The van der Waals surface area contributed by atoms with Gasteiger partial charge in [-0.05, 0) is 32.9 Å². The number of pyridine rings is 1. The monoisotopic (exact) mass is 219 g/mol. The number of anilines is 1. The van der Waals surface area contributed by atoms with E-state index in [0.717, 1.165) is 4.90 Å². The number of hydrogen-bond acceptors (Lipinski definition) is 3. The first kappa shape index (κ1) is 12.0. The Morgan fingerprint density at radius 2 is 2.19 bits per heavy atom. The molecule has 0 saturated carbocycles. The molecule has 1 heterocycles. The van der Waals surface area contributed by atoms with Crippen LogP contribution in [-0.2, 0) is 0 Å². The molecule has 0 radical (unpaired) electrons. The third kappa shape index (κ3) is 2.48. The number of amides is 1. The van der Waals surface area contributed by atoms with Crippen molar-refractivity contribution in [3.8, 4) is 6.07 Å². The summed E-state index contributed by atoms with van der Waals surface area (Å²) in [6.45, 7) is 5.30. The van der Waals surface area contributed by atoms with E-state index in [2.05, 4.69) is 4.98 Å². The standard InChI is InChI=1S/C11H13N3O2/c1-11(2,3)14(10(15)16)9-6-8(7-12)4-5-13-9/h4-6H,1-3H3,(H,15,16). The molecular weight excluding hydrogens is 206 g/mol. The van der Waals surface area contributed by atoms with Crippen LogP contribution in [-0.4, -0.2) is 21.7 Å². The molecule has 5 heteroatoms. The average Bonchev–Trinajstić information content (AvgIpc) is 2.15. The molecule has 84 valence electrons.